The van der Waals surface area contributed by atoms with Crippen molar-refractivity contribution < 1.29 is 9.59 Å². The molecule has 2 amide bonds. The molecular formula is C19H29N5O2. The maximum Gasteiger partial charge on any atom is 0.223 e. The lowest BCUT2D eigenvalue weighted by atomic mass is 9.86. The van der Waals surface area contributed by atoms with Gasteiger partial charge >= 0.3 is 0 Å². The lowest BCUT2D eigenvalue weighted by Crippen LogP contribution is -2.62. The molecule has 2 fully saturated rings. The van der Waals surface area contributed by atoms with Crippen LogP contribution in [0.1, 0.15) is 31.2 Å². The third kappa shape index (κ3) is 3.98. The average molecular weight is 359 g/mol. The molecule has 3 heterocycles. The second kappa shape index (κ2) is 8.03. The number of rotatable bonds is 5. The number of H-pyrrole nitrogens is 1. The number of carbonyl (C=O) groups excluding carboxylic acids is 2. The van der Waals surface area contributed by atoms with Crippen LogP contribution in [0.15, 0.2) is 25.0 Å². The molecule has 1 N–H and O–H groups in total. The van der Waals surface area contributed by atoms with E-state index in [1.54, 1.807) is 12.3 Å². The van der Waals surface area contributed by atoms with E-state index in [2.05, 4.69) is 28.7 Å². The van der Waals surface area contributed by atoms with Crippen molar-refractivity contribution in [3.8, 4) is 0 Å². The Kier molecular flexibility index (Phi) is 5.76. The number of aromatic amines is 1. The Hall–Kier alpha value is -2.15. The summed E-state index contributed by atoms with van der Waals surface area (Å²) in [6.07, 6.45) is 8.84. The first-order chi connectivity index (χ1) is 12.5. The number of aromatic nitrogens is 2. The lowest BCUT2D eigenvalue weighted by molar-refractivity contribution is -0.136. The number of nitrogens with zero attached hydrogens (tertiary/aromatic N) is 4. The maximum absolute atomic E-state index is 12.7. The highest BCUT2D eigenvalue weighted by molar-refractivity contribution is 5.78. The first kappa shape index (κ1) is 18.6. The highest BCUT2D eigenvalue weighted by Gasteiger charge is 2.43. The molecule has 3 rings (SSSR count). The van der Waals surface area contributed by atoms with Crippen molar-refractivity contribution in [2.24, 2.45) is 0 Å². The van der Waals surface area contributed by atoms with Gasteiger partial charge in [0.2, 0.25) is 11.8 Å². The van der Waals surface area contributed by atoms with Crippen molar-refractivity contribution in [1.82, 2.24) is 24.9 Å². The number of amides is 2. The predicted octanol–water partition coefficient (Wildman–Crippen LogP) is 1.05. The quantitative estimate of drug-likeness (QED) is 0.798. The first-order valence-corrected chi connectivity index (χ1v) is 9.39. The van der Waals surface area contributed by atoms with Gasteiger partial charge in [0.25, 0.3) is 0 Å². The number of likely N-dealkylation sites (tertiary alicyclic amines) is 1. The number of aryl methyl sites for hydroxylation is 1. The monoisotopic (exact) mass is 359 g/mol. The standard InChI is InChI=1S/C19H29N5O2/c1-3-9-23-10-8-19(7-6-18(23)26)15-24(12-11-22(19)2)17(25)5-4-16-13-20-21-14-16/h3,13-14H,1,4-12,15H2,2H3,(H,20,21)/t19-/m0/s1. The van der Waals surface area contributed by atoms with Crippen LogP contribution < -0.4 is 0 Å². The van der Waals surface area contributed by atoms with E-state index >= 15 is 0 Å². The fourth-order valence-electron chi connectivity index (χ4n) is 4.08. The van der Waals surface area contributed by atoms with Crippen LogP contribution in [-0.2, 0) is 16.0 Å². The lowest BCUT2D eigenvalue weighted by Gasteiger charge is -2.49. The molecule has 7 nitrogen and oxygen atoms in total. The summed E-state index contributed by atoms with van der Waals surface area (Å²) in [5.74, 6) is 0.385. The fraction of sp³-hybridized carbons (Fsp3) is 0.632. The minimum absolute atomic E-state index is 0.102. The van der Waals surface area contributed by atoms with E-state index in [1.165, 1.54) is 0 Å². The van der Waals surface area contributed by atoms with Crippen molar-refractivity contribution in [3.05, 3.63) is 30.6 Å². The van der Waals surface area contributed by atoms with E-state index in [0.29, 0.717) is 32.4 Å². The Morgan fingerprint density at radius 2 is 2.23 bits per heavy atom. The third-order valence-electron chi connectivity index (χ3n) is 5.89. The zero-order valence-electron chi connectivity index (χ0n) is 15.6. The largest absolute Gasteiger partial charge is 0.340 e. The molecule has 1 aromatic heterocycles. The van der Waals surface area contributed by atoms with Gasteiger partial charge in [-0.1, -0.05) is 6.08 Å². The van der Waals surface area contributed by atoms with Gasteiger partial charge in [0.05, 0.1) is 6.20 Å². The molecule has 1 spiro atoms. The number of carbonyl (C=O) groups is 2. The van der Waals surface area contributed by atoms with E-state index in [4.69, 9.17) is 0 Å². The van der Waals surface area contributed by atoms with Crippen LogP contribution in [-0.4, -0.2) is 82.0 Å². The van der Waals surface area contributed by atoms with Gasteiger partial charge in [0.1, 0.15) is 0 Å². The van der Waals surface area contributed by atoms with Gasteiger partial charge in [-0.25, -0.2) is 0 Å². The van der Waals surface area contributed by atoms with Crippen LogP contribution in [0.3, 0.4) is 0 Å². The molecule has 1 atom stereocenters. The van der Waals surface area contributed by atoms with Crippen molar-refractivity contribution in [2.45, 2.75) is 37.6 Å². The molecule has 7 heteroatoms. The van der Waals surface area contributed by atoms with Gasteiger partial charge in [0.15, 0.2) is 0 Å². The molecule has 0 saturated carbocycles. The molecular weight excluding hydrogens is 330 g/mol. The molecule has 2 aliphatic rings. The molecule has 0 radical (unpaired) electrons. The number of piperazine rings is 1. The van der Waals surface area contributed by atoms with Crippen LogP contribution in [0.4, 0.5) is 0 Å². The highest BCUT2D eigenvalue weighted by atomic mass is 16.2. The van der Waals surface area contributed by atoms with Gasteiger partial charge in [-0.05, 0) is 31.9 Å². The summed E-state index contributed by atoms with van der Waals surface area (Å²) in [4.78, 5) is 31.3. The van der Waals surface area contributed by atoms with Gasteiger partial charge in [-0.3, -0.25) is 19.6 Å². The third-order valence-corrected chi connectivity index (χ3v) is 5.89. The summed E-state index contributed by atoms with van der Waals surface area (Å²) in [5, 5.41) is 6.72. The molecule has 2 saturated heterocycles. The summed E-state index contributed by atoms with van der Waals surface area (Å²) in [7, 11) is 2.13. The summed E-state index contributed by atoms with van der Waals surface area (Å²) in [6, 6.07) is 0. The van der Waals surface area contributed by atoms with Crippen molar-refractivity contribution >= 4 is 11.8 Å². The van der Waals surface area contributed by atoms with E-state index in [-0.39, 0.29) is 17.4 Å². The van der Waals surface area contributed by atoms with Crippen molar-refractivity contribution in [3.63, 3.8) is 0 Å². The van der Waals surface area contributed by atoms with Gasteiger partial charge < -0.3 is 9.80 Å². The number of hydrogen-bond donors (Lipinski definition) is 1. The van der Waals surface area contributed by atoms with Gasteiger partial charge in [-0.2, -0.15) is 5.10 Å². The Balaban J connectivity index is 1.64. The van der Waals surface area contributed by atoms with Crippen LogP contribution in [0.5, 0.6) is 0 Å². The molecule has 0 bridgehead atoms. The molecule has 2 aliphatic heterocycles. The zero-order chi connectivity index (χ0) is 18.6. The summed E-state index contributed by atoms with van der Waals surface area (Å²) < 4.78 is 0. The molecule has 26 heavy (non-hydrogen) atoms. The average Bonchev–Trinajstić information content (AvgIpc) is 3.11. The van der Waals surface area contributed by atoms with E-state index in [1.807, 2.05) is 16.0 Å². The van der Waals surface area contributed by atoms with Gasteiger partial charge in [-0.15, -0.1) is 6.58 Å². The van der Waals surface area contributed by atoms with Crippen LogP contribution in [0.2, 0.25) is 0 Å². The molecule has 142 valence electrons. The summed E-state index contributed by atoms with van der Waals surface area (Å²) in [5.41, 5.74) is 0.956. The van der Waals surface area contributed by atoms with E-state index in [0.717, 1.165) is 38.0 Å². The van der Waals surface area contributed by atoms with Gasteiger partial charge in [0, 0.05) is 57.3 Å². The summed E-state index contributed by atoms with van der Waals surface area (Å²) in [6.45, 7) is 7.41. The van der Waals surface area contributed by atoms with Crippen molar-refractivity contribution in [2.75, 3.05) is 39.8 Å². The smallest absolute Gasteiger partial charge is 0.223 e. The molecule has 0 aromatic carbocycles. The second-order valence-corrected chi connectivity index (χ2v) is 7.45. The predicted molar refractivity (Wildman–Crippen MR) is 99.5 cm³/mol. The molecule has 0 unspecified atom stereocenters. The number of likely N-dealkylation sites (N-methyl/N-ethyl adjacent to an activating group) is 1. The van der Waals surface area contributed by atoms with E-state index < -0.39 is 0 Å². The highest BCUT2D eigenvalue weighted by Crippen LogP contribution is 2.32. The van der Waals surface area contributed by atoms with Crippen LogP contribution in [0.25, 0.3) is 0 Å². The van der Waals surface area contributed by atoms with Crippen LogP contribution in [0, 0.1) is 0 Å². The Morgan fingerprint density at radius 1 is 1.38 bits per heavy atom. The SMILES string of the molecule is C=CCN1CC[C@@]2(CCC1=O)CN(C(=O)CCc1cn[nH]c1)CCN2C. The summed E-state index contributed by atoms with van der Waals surface area (Å²) >= 11 is 0. The normalized spacial score (nSPS) is 24.7. The van der Waals surface area contributed by atoms with E-state index in [9.17, 15) is 9.59 Å². The Bertz CT molecular complexity index is 644. The maximum atomic E-state index is 12.7. The zero-order valence-corrected chi connectivity index (χ0v) is 15.6. The minimum atomic E-state index is -0.102. The topological polar surface area (TPSA) is 72.5 Å². The fourth-order valence-corrected chi connectivity index (χ4v) is 4.08. The van der Waals surface area contributed by atoms with Crippen LogP contribution >= 0.6 is 0 Å². The number of hydrogen-bond acceptors (Lipinski definition) is 4. The molecule has 1 aromatic rings. The first-order valence-electron chi connectivity index (χ1n) is 9.39. The molecule has 0 aliphatic carbocycles. The minimum Gasteiger partial charge on any atom is -0.340 e. The van der Waals surface area contributed by atoms with Crippen molar-refractivity contribution in [1.29, 1.82) is 0 Å². The Morgan fingerprint density at radius 3 is 2.96 bits per heavy atom. The number of nitrogens with one attached hydrogen (secondary N) is 1. The Labute approximate surface area is 155 Å². The second-order valence-electron chi connectivity index (χ2n) is 7.45.